The van der Waals surface area contributed by atoms with E-state index in [2.05, 4.69) is 13.4 Å². The van der Waals surface area contributed by atoms with Crippen LogP contribution >= 0.6 is 15.6 Å². The Balaban J connectivity index is 4.13. The fourth-order valence-electron chi connectivity index (χ4n) is 0.747. The zero-order valence-electron chi connectivity index (χ0n) is 9.22. The molecule has 0 radical (unpaired) electrons. The summed E-state index contributed by atoms with van der Waals surface area (Å²) in [7, 11) is -9.27. The topological polar surface area (TPSA) is 132 Å². The van der Waals surface area contributed by atoms with Crippen LogP contribution in [0.15, 0.2) is 0 Å². The molecule has 0 spiro atoms. The quantitative estimate of drug-likeness (QED) is 0.383. The molecule has 0 saturated carbocycles. The molecule has 1 atom stereocenters. The Hall–Kier alpha value is 0.180. The van der Waals surface area contributed by atoms with Crippen molar-refractivity contribution in [1.82, 2.24) is 0 Å². The number of hydrogen-bond donors (Lipinski definition) is 3. The molecule has 0 aromatic heterocycles. The minimum absolute atomic E-state index is 0.0257. The Kier molecular flexibility index (Phi) is 8.40. The predicted molar refractivity (Wildman–Crippen MR) is 56.2 cm³/mol. The van der Waals surface area contributed by atoms with E-state index < -0.39 is 15.6 Å². The summed E-state index contributed by atoms with van der Waals surface area (Å²) in [6, 6.07) is 0. The molecule has 0 aromatic carbocycles. The highest BCUT2D eigenvalue weighted by atomic mass is 31.3. The highest BCUT2D eigenvalue weighted by Crippen LogP contribution is 2.60. The summed E-state index contributed by atoms with van der Waals surface area (Å²) in [6.07, 6.45) is 0. The van der Waals surface area contributed by atoms with Gasteiger partial charge in [0.05, 0.1) is 33.0 Å². The smallest absolute Gasteiger partial charge is 0.394 e. The molecule has 0 fully saturated rings. The van der Waals surface area contributed by atoms with E-state index in [0.29, 0.717) is 0 Å². The normalized spacial score (nSPS) is 15.8. The van der Waals surface area contributed by atoms with Crippen LogP contribution in [-0.4, -0.2) is 47.9 Å². The maximum absolute atomic E-state index is 11.6. The Bertz CT molecular complexity index is 287. The molecule has 0 heterocycles. The first-order chi connectivity index (χ1) is 7.83. The second-order valence-corrected chi connectivity index (χ2v) is 5.65. The summed E-state index contributed by atoms with van der Waals surface area (Å²) < 4.78 is 40.0. The first-order valence-corrected chi connectivity index (χ1v) is 7.66. The van der Waals surface area contributed by atoms with Gasteiger partial charge in [0.2, 0.25) is 0 Å². The maximum atomic E-state index is 11.6. The predicted octanol–water partition coefficient (Wildman–Crippen LogP) is 0.266. The Morgan fingerprint density at radius 2 is 1.71 bits per heavy atom. The van der Waals surface area contributed by atoms with Crippen LogP contribution in [0.2, 0.25) is 0 Å². The lowest BCUT2D eigenvalue weighted by molar-refractivity contribution is 0.0569. The second-order valence-electron chi connectivity index (χ2n) is 2.61. The standard InChI is InChI=1S/C6H16O9P2/c1-2-13-17(11,15-16(8,9)10)14-6-5-12-4-3-7/h7H,2-6H2,1H3,(H2,8,9,10). The van der Waals surface area contributed by atoms with Crippen LogP contribution in [0.3, 0.4) is 0 Å². The minimum Gasteiger partial charge on any atom is -0.394 e. The highest BCUT2D eigenvalue weighted by molar-refractivity contribution is 7.61. The van der Waals surface area contributed by atoms with E-state index in [1.807, 2.05) is 0 Å². The number of aliphatic hydroxyl groups excluding tert-OH is 1. The van der Waals surface area contributed by atoms with Crippen LogP contribution in [0, 0.1) is 0 Å². The molecule has 11 heteroatoms. The van der Waals surface area contributed by atoms with Crippen LogP contribution in [0.5, 0.6) is 0 Å². The van der Waals surface area contributed by atoms with Crippen LogP contribution < -0.4 is 0 Å². The van der Waals surface area contributed by atoms with Gasteiger partial charge in [-0.25, -0.2) is 9.13 Å². The van der Waals surface area contributed by atoms with E-state index in [9.17, 15) is 9.13 Å². The number of aliphatic hydroxyl groups is 1. The third-order valence-electron chi connectivity index (χ3n) is 1.21. The molecule has 9 nitrogen and oxygen atoms in total. The van der Waals surface area contributed by atoms with Gasteiger partial charge in [0.1, 0.15) is 0 Å². The molecular formula is C6H16O9P2. The van der Waals surface area contributed by atoms with Crippen LogP contribution in [0.25, 0.3) is 0 Å². The summed E-state index contributed by atoms with van der Waals surface area (Å²) >= 11 is 0. The number of phosphoric ester groups is 1. The third-order valence-corrected chi connectivity index (χ3v) is 3.93. The molecule has 17 heavy (non-hydrogen) atoms. The van der Waals surface area contributed by atoms with Gasteiger partial charge < -0.3 is 19.6 Å². The van der Waals surface area contributed by atoms with Gasteiger partial charge in [0.25, 0.3) is 0 Å². The van der Waals surface area contributed by atoms with Gasteiger partial charge in [-0.2, -0.15) is 4.31 Å². The molecule has 0 saturated heterocycles. The van der Waals surface area contributed by atoms with Gasteiger partial charge in [-0.3, -0.25) is 9.05 Å². The number of ether oxygens (including phenoxy) is 1. The Morgan fingerprint density at radius 1 is 1.06 bits per heavy atom. The van der Waals surface area contributed by atoms with E-state index in [-0.39, 0.29) is 33.0 Å². The van der Waals surface area contributed by atoms with Crippen molar-refractivity contribution in [3.05, 3.63) is 0 Å². The lowest BCUT2D eigenvalue weighted by atomic mass is 10.7. The molecule has 0 aliphatic carbocycles. The van der Waals surface area contributed by atoms with E-state index >= 15 is 0 Å². The maximum Gasteiger partial charge on any atom is 0.483 e. The van der Waals surface area contributed by atoms with E-state index in [4.69, 9.17) is 19.6 Å². The fraction of sp³-hybridized carbons (Fsp3) is 1.00. The average molecular weight is 294 g/mol. The summed E-state index contributed by atoms with van der Waals surface area (Å²) in [6.45, 7) is 0.971. The molecule has 0 bridgehead atoms. The van der Waals surface area contributed by atoms with Gasteiger partial charge >= 0.3 is 15.6 Å². The molecule has 0 aliphatic heterocycles. The first-order valence-electron chi connectivity index (χ1n) is 4.67. The molecule has 1 unspecified atom stereocenters. The summed E-state index contributed by atoms with van der Waals surface area (Å²) in [5, 5.41) is 8.39. The van der Waals surface area contributed by atoms with Gasteiger partial charge in [0.15, 0.2) is 0 Å². The number of phosphoric acid groups is 2. The van der Waals surface area contributed by atoms with Crippen LogP contribution in [0.1, 0.15) is 6.92 Å². The van der Waals surface area contributed by atoms with Crippen molar-refractivity contribution in [1.29, 1.82) is 0 Å². The van der Waals surface area contributed by atoms with Crippen molar-refractivity contribution in [2.24, 2.45) is 0 Å². The second kappa shape index (κ2) is 8.31. The SMILES string of the molecule is CCOP(=O)(OCCOCCO)OP(=O)(O)O. The van der Waals surface area contributed by atoms with Crippen molar-refractivity contribution >= 4 is 15.6 Å². The van der Waals surface area contributed by atoms with Gasteiger partial charge in [-0.15, -0.1) is 0 Å². The van der Waals surface area contributed by atoms with Gasteiger partial charge in [-0.1, -0.05) is 0 Å². The van der Waals surface area contributed by atoms with Gasteiger partial charge in [0, 0.05) is 0 Å². The number of hydrogen-bond acceptors (Lipinski definition) is 7. The van der Waals surface area contributed by atoms with Crippen LogP contribution in [-0.2, 0) is 27.2 Å². The lowest BCUT2D eigenvalue weighted by Gasteiger charge is -2.17. The third kappa shape index (κ3) is 9.84. The molecule has 0 rings (SSSR count). The summed E-state index contributed by atoms with van der Waals surface area (Å²) in [5.74, 6) is 0. The van der Waals surface area contributed by atoms with E-state index in [1.54, 1.807) is 0 Å². The molecule has 0 amide bonds. The fourth-order valence-corrected chi connectivity index (χ4v) is 2.86. The van der Waals surface area contributed by atoms with E-state index in [0.717, 1.165) is 0 Å². The molecule has 0 aliphatic rings. The monoisotopic (exact) mass is 294 g/mol. The minimum atomic E-state index is -4.97. The summed E-state index contributed by atoms with van der Waals surface area (Å²) in [5.41, 5.74) is 0. The summed E-state index contributed by atoms with van der Waals surface area (Å²) in [4.78, 5) is 17.0. The highest BCUT2D eigenvalue weighted by Gasteiger charge is 2.35. The molecule has 0 aromatic rings. The van der Waals surface area contributed by atoms with Crippen molar-refractivity contribution < 1.29 is 42.1 Å². The zero-order valence-corrected chi connectivity index (χ0v) is 11.0. The van der Waals surface area contributed by atoms with Crippen molar-refractivity contribution in [3.8, 4) is 0 Å². The lowest BCUT2D eigenvalue weighted by Crippen LogP contribution is -2.08. The Labute approximate surface area is 98.5 Å². The average Bonchev–Trinajstić information content (AvgIpc) is 2.14. The number of rotatable bonds is 10. The molecular weight excluding hydrogens is 278 g/mol. The largest absolute Gasteiger partial charge is 0.483 e. The Morgan fingerprint density at radius 3 is 2.18 bits per heavy atom. The molecule has 3 N–H and O–H groups in total. The molecule has 104 valence electrons. The van der Waals surface area contributed by atoms with E-state index in [1.165, 1.54) is 6.92 Å². The van der Waals surface area contributed by atoms with Crippen LogP contribution in [0.4, 0.5) is 0 Å². The van der Waals surface area contributed by atoms with Crippen molar-refractivity contribution in [3.63, 3.8) is 0 Å². The van der Waals surface area contributed by atoms with Crippen molar-refractivity contribution in [2.45, 2.75) is 6.92 Å². The van der Waals surface area contributed by atoms with Crippen molar-refractivity contribution in [2.75, 3.05) is 33.0 Å². The zero-order chi connectivity index (χ0) is 13.4. The van der Waals surface area contributed by atoms with Gasteiger partial charge in [-0.05, 0) is 6.92 Å². The first kappa shape index (κ1) is 17.2.